The molecule has 1 fully saturated rings. The van der Waals surface area contributed by atoms with Crippen LogP contribution in [0.25, 0.3) is 5.69 Å². The van der Waals surface area contributed by atoms with Gasteiger partial charge in [-0.05, 0) is 49.6 Å². The number of aromatic nitrogens is 4. The molecule has 0 saturated carbocycles. The number of carbonyl (C=O) groups is 1. The van der Waals surface area contributed by atoms with Crippen LogP contribution in [0.15, 0.2) is 48.9 Å². The fraction of sp³-hybridized carbons (Fsp3) is 0.333. The van der Waals surface area contributed by atoms with Crippen LogP contribution in [0.3, 0.4) is 0 Å². The molecule has 1 N–H and O–H groups in total. The number of rotatable bonds is 5. The van der Waals surface area contributed by atoms with Gasteiger partial charge in [0, 0.05) is 31.5 Å². The van der Waals surface area contributed by atoms with E-state index >= 15 is 0 Å². The molecule has 0 bridgehead atoms. The Labute approximate surface area is 168 Å². The minimum absolute atomic E-state index is 0.0129. The molecule has 0 aliphatic carbocycles. The topological polar surface area (TPSA) is 75.9 Å². The van der Waals surface area contributed by atoms with Gasteiger partial charge in [0.2, 0.25) is 5.95 Å². The first-order valence-electron chi connectivity index (χ1n) is 9.81. The number of benzene rings is 1. The fourth-order valence-electron chi connectivity index (χ4n) is 3.70. The molecule has 3 aromatic rings. The van der Waals surface area contributed by atoms with E-state index < -0.39 is 0 Å². The van der Waals surface area contributed by atoms with Crippen molar-refractivity contribution in [2.45, 2.75) is 32.2 Å². The van der Waals surface area contributed by atoms with Gasteiger partial charge in [0.1, 0.15) is 5.82 Å². The Hall–Kier alpha value is -3.29. The monoisotopic (exact) mass is 394 g/mol. The summed E-state index contributed by atoms with van der Waals surface area (Å²) in [6, 6.07) is 7.89. The number of hydrogen-bond donors (Lipinski definition) is 1. The first-order valence-corrected chi connectivity index (χ1v) is 9.81. The number of nitrogens with zero attached hydrogens (tertiary/aromatic N) is 5. The van der Waals surface area contributed by atoms with Crippen molar-refractivity contribution in [1.82, 2.24) is 25.1 Å². The van der Waals surface area contributed by atoms with Crippen LogP contribution in [0.4, 0.5) is 10.3 Å². The Bertz CT molecular complexity index is 973. The van der Waals surface area contributed by atoms with Crippen LogP contribution >= 0.6 is 0 Å². The van der Waals surface area contributed by atoms with Gasteiger partial charge in [-0.3, -0.25) is 4.79 Å². The van der Waals surface area contributed by atoms with E-state index in [2.05, 4.69) is 25.3 Å². The van der Waals surface area contributed by atoms with E-state index in [0.29, 0.717) is 24.5 Å². The molecule has 1 aliphatic rings. The highest BCUT2D eigenvalue weighted by Crippen LogP contribution is 2.19. The molecule has 150 valence electrons. The van der Waals surface area contributed by atoms with Crippen molar-refractivity contribution in [1.29, 1.82) is 0 Å². The van der Waals surface area contributed by atoms with E-state index in [0.717, 1.165) is 30.8 Å². The predicted octanol–water partition coefficient (Wildman–Crippen LogP) is 2.76. The molecular formula is C21H23FN6O. The molecule has 7 nitrogen and oxygen atoms in total. The van der Waals surface area contributed by atoms with Crippen molar-refractivity contribution in [2.24, 2.45) is 0 Å². The van der Waals surface area contributed by atoms with Gasteiger partial charge >= 0.3 is 0 Å². The molecule has 29 heavy (non-hydrogen) atoms. The standard InChI is InChI=1S/C21H23FN6O/c1-2-19-18(13-25-28(19)17-8-6-15(22)7-9-17)20(29)26-16-5-3-12-27(14-16)21-23-10-4-11-24-21/h4,6-11,13,16H,2-3,5,12,14H2,1H3,(H,26,29). The highest BCUT2D eigenvalue weighted by molar-refractivity contribution is 5.95. The number of nitrogens with one attached hydrogen (secondary N) is 1. The van der Waals surface area contributed by atoms with E-state index in [-0.39, 0.29) is 17.8 Å². The molecule has 1 aromatic carbocycles. The average molecular weight is 394 g/mol. The lowest BCUT2D eigenvalue weighted by Gasteiger charge is -2.33. The van der Waals surface area contributed by atoms with Gasteiger partial charge in [-0.1, -0.05) is 6.92 Å². The number of carbonyl (C=O) groups excluding carboxylic acids is 1. The summed E-state index contributed by atoms with van der Waals surface area (Å²) in [5.74, 6) is 0.238. The van der Waals surface area contributed by atoms with Gasteiger partial charge in [0.25, 0.3) is 5.91 Å². The average Bonchev–Trinajstić information content (AvgIpc) is 3.19. The maximum Gasteiger partial charge on any atom is 0.255 e. The SMILES string of the molecule is CCc1c(C(=O)NC2CCCN(c3ncccn3)C2)cnn1-c1ccc(F)cc1. The molecule has 8 heteroatoms. The first kappa shape index (κ1) is 19.0. The molecule has 3 heterocycles. The summed E-state index contributed by atoms with van der Waals surface area (Å²) in [6.07, 6.45) is 7.53. The maximum absolute atomic E-state index is 13.2. The Kier molecular flexibility index (Phi) is 5.50. The van der Waals surface area contributed by atoms with Crippen LogP contribution in [0, 0.1) is 5.82 Å². The van der Waals surface area contributed by atoms with E-state index in [4.69, 9.17) is 0 Å². The quantitative estimate of drug-likeness (QED) is 0.720. The van der Waals surface area contributed by atoms with E-state index in [1.807, 2.05) is 6.92 Å². The predicted molar refractivity (Wildman–Crippen MR) is 108 cm³/mol. The van der Waals surface area contributed by atoms with Crippen molar-refractivity contribution in [3.63, 3.8) is 0 Å². The Morgan fingerprint density at radius 3 is 2.72 bits per heavy atom. The van der Waals surface area contributed by atoms with E-state index in [1.54, 1.807) is 41.5 Å². The minimum Gasteiger partial charge on any atom is -0.347 e. The molecule has 2 aromatic heterocycles. The Morgan fingerprint density at radius 1 is 1.24 bits per heavy atom. The van der Waals surface area contributed by atoms with Gasteiger partial charge in [-0.2, -0.15) is 5.10 Å². The number of anilines is 1. The molecule has 4 rings (SSSR count). The molecular weight excluding hydrogens is 371 g/mol. The van der Waals surface area contributed by atoms with Crippen LogP contribution in [-0.4, -0.2) is 44.8 Å². The summed E-state index contributed by atoms with van der Waals surface area (Å²) >= 11 is 0. The third-order valence-electron chi connectivity index (χ3n) is 5.11. The van der Waals surface area contributed by atoms with Crippen LogP contribution in [0.1, 0.15) is 35.8 Å². The van der Waals surface area contributed by atoms with Crippen LogP contribution < -0.4 is 10.2 Å². The number of halogens is 1. The highest BCUT2D eigenvalue weighted by atomic mass is 19.1. The second-order valence-corrected chi connectivity index (χ2v) is 7.05. The smallest absolute Gasteiger partial charge is 0.255 e. The zero-order valence-corrected chi connectivity index (χ0v) is 16.3. The third-order valence-corrected chi connectivity index (χ3v) is 5.11. The van der Waals surface area contributed by atoms with Crippen molar-refractivity contribution in [2.75, 3.05) is 18.0 Å². The third kappa shape index (κ3) is 4.11. The summed E-state index contributed by atoms with van der Waals surface area (Å²) in [5, 5.41) is 7.50. The summed E-state index contributed by atoms with van der Waals surface area (Å²) in [4.78, 5) is 23.7. The molecule has 0 radical (unpaired) electrons. The van der Waals surface area contributed by atoms with E-state index in [9.17, 15) is 9.18 Å². The van der Waals surface area contributed by atoms with Gasteiger partial charge in [-0.25, -0.2) is 19.0 Å². The van der Waals surface area contributed by atoms with Crippen LogP contribution in [0.5, 0.6) is 0 Å². The Morgan fingerprint density at radius 2 is 2.00 bits per heavy atom. The largest absolute Gasteiger partial charge is 0.347 e. The summed E-state index contributed by atoms with van der Waals surface area (Å²) in [5.41, 5.74) is 2.07. The fourth-order valence-corrected chi connectivity index (χ4v) is 3.70. The molecule has 1 atom stereocenters. The zero-order chi connectivity index (χ0) is 20.2. The van der Waals surface area contributed by atoms with Gasteiger partial charge in [0.15, 0.2) is 0 Å². The van der Waals surface area contributed by atoms with Crippen molar-refractivity contribution in [3.05, 3.63) is 66.0 Å². The molecule has 1 saturated heterocycles. The molecule has 1 aliphatic heterocycles. The lowest BCUT2D eigenvalue weighted by Crippen LogP contribution is -2.48. The summed E-state index contributed by atoms with van der Waals surface area (Å²) in [6.45, 7) is 3.52. The maximum atomic E-state index is 13.2. The van der Waals surface area contributed by atoms with Crippen molar-refractivity contribution < 1.29 is 9.18 Å². The normalized spacial score (nSPS) is 16.6. The zero-order valence-electron chi connectivity index (χ0n) is 16.3. The van der Waals surface area contributed by atoms with Crippen LogP contribution in [-0.2, 0) is 6.42 Å². The first-order chi connectivity index (χ1) is 14.2. The number of amides is 1. The van der Waals surface area contributed by atoms with Gasteiger partial charge in [-0.15, -0.1) is 0 Å². The van der Waals surface area contributed by atoms with E-state index in [1.165, 1.54) is 12.1 Å². The molecule has 0 spiro atoms. The lowest BCUT2D eigenvalue weighted by atomic mass is 10.1. The van der Waals surface area contributed by atoms with Gasteiger partial charge in [0.05, 0.1) is 23.1 Å². The Balaban J connectivity index is 1.49. The number of piperidine rings is 1. The van der Waals surface area contributed by atoms with Crippen molar-refractivity contribution >= 4 is 11.9 Å². The second-order valence-electron chi connectivity index (χ2n) is 7.05. The second kappa shape index (κ2) is 8.38. The minimum atomic E-state index is -0.304. The lowest BCUT2D eigenvalue weighted by molar-refractivity contribution is 0.0932. The molecule has 1 amide bonds. The molecule has 1 unspecified atom stereocenters. The van der Waals surface area contributed by atoms with Crippen LogP contribution in [0.2, 0.25) is 0 Å². The highest BCUT2D eigenvalue weighted by Gasteiger charge is 2.25. The van der Waals surface area contributed by atoms with Crippen molar-refractivity contribution in [3.8, 4) is 5.69 Å². The summed E-state index contributed by atoms with van der Waals surface area (Å²) < 4.78 is 14.9. The number of hydrogen-bond acceptors (Lipinski definition) is 5. The van der Waals surface area contributed by atoms with Gasteiger partial charge < -0.3 is 10.2 Å². The summed E-state index contributed by atoms with van der Waals surface area (Å²) in [7, 11) is 0.